The predicted octanol–water partition coefficient (Wildman–Crippen LogP) is 3.43. The SMILES string of the molecule is CCC12C(=O)C(OC)C3=C(C)C(OC)CC(O)(C(OC(=O)c4ccccc4)C1[C@]1(OC(C)=O)COC1CC2OC)C3(C)C. The molecule has 1 N–H and O–H groups in total. The first-order valence-corrected chi connectivity index (χ1v) is 14.9. The number of aliphatic hydroxyl groups is 1. The first-order valence-electron chi connectivity index (χ1n) is 14.9. The van der Waals surface area contributed by atoms with Crippen LogP contribution in [0.15, 0.2) is 41.5 Å². The third-order valence-electron chi connectivity index (χ3n) is 11.0. The number of carbonyl (C=O) groups is 3. The highest BCUT2D eigenvalue weighted by molar-refractivity contribution is 5.94. The van der Waals surface area contributed by atoms with Crippen LogP contribution in [0.25, 0.3) is 0 Å². The Labute approximate surface area is 253 Å². The molecule has 3 aliphatic carbocycles. The molecule has 4 aliphatic rings. The highest BCUT2D eigenvalue weighted by atomic mass is 16.6. The van der Waals surface area contributed by atoms with Gasteiger partial charge in [-0.25, -0.2) is 4.79 Å². The van der Waals surface area contributed by atoms with Crippen molar-refractivity contribution >= 4 is 17.7 Å². The molecule has 2 bridgehead atoms. The summed E-state index contributed by atoms with van der Waals surface area (Å²) >= 11 is 0. The average Bonchev–Trinajstić information content (AvgIpc) is 2.97. The molecule has 1 heterocycles. The average molecular weight is 601 g/mol. The summed E-state index contributed by atoms with van der Waals surface area (Å²) in [5.41, 5.74) is -4.10. The molecule has 0 amide bonds. The Morgan fingerprint density at radius 3 is 2.26 bits per heavy atom. The maximum atomic E-state index is 15.2. The van der Waals surface area contributed by atoms with E-state index in [9.17, 15) is 14.7 Å². The molecule has 2 saturated carbocycles. The lowest BCUT2D eigenvalue weighted by Gasteiger charge is -2.68. The fourth-order valence-electron chi connectivity index (χ4n) is 8.81. The maximum absolute atomic E-state index is 15.2. The molecule has 1 saturated heterocycles. The van der Waals surface area contributed by atoms with Gasteiger partial charge in [-0.1, -0.05) is 39.0 Å². The van der Waals surface area contributed by atoms with Crippen molar-refractivity contribution in [2.45, 2.75) is 95.6 Å². The molecule has 5 rings (SSSR count). The minimum atomic E-state index is -1.81. The van der Waals surface area contributed by atoms with E-state index in [1.165, 1.54) is 21.1 Å². The lowest BCUT2D eigenvalue weighted by molar-refractivity contribution is -0.350. The largest absolute Gasteiger partial charge is 0.455 e. The molecule has 8 unspecified atom stereocenters. The van der Waals surface area contributed by atoms with Crippen LogP contribution < -0.4 is 0 Å². The summed E-state index contributed by atoms with van der Waals surface area (Å²) in [4.78, 5) is 41.9. The molecule has 1 aromatic carbocycles. The number of ether oxygens (including phenoxy) is 6. The van der Waals surface area contributed by atoms with E-state index >= 15 is 4.79 Å². The summed E-state index contributed by atoms with van der Waals surface area (Å²) < 4.78 is 36.6. The summed E-state index contributed by atoms with van der Waals surface area (Å²) in [6, 6.07) is 8.49. The van der Waals surface area contributed by atoms with Crippen LogP contribution in [0.5, 0.6) is 0 Å². The zero-order chi connectivity index (χ0) is 31.5. The monoisotopic (exact) mass is 600 g/mol. The molecule has 0 aromatic heterocycles. The Kier molecular flexibility index (Phi) is 8.18. The van der Waals surface area contributed by atoms with E-state index < -0.39 is 70.4 Å². The molecule has 43 heavy (non-hydrogen) atoms. The number of benzene rings is 1. The minimum Gasteiger partial charge on any atom is -0.455 e. The van der Waals surface area contributed by atoms with Crippen molar-refractivity contribution in [1.82, 2.24) is 0 Å². The van der Waals surface area contributed by atoms with Gasteiger partial charge in [-0.3, -0.25) is 9.59 Å². The summed E-state index contributed by atoms with van der Waals surface area (Å²) in [5.74, 6) is -2.58. The van der Waals surface area contributed by atoms with Crippen LogP contribution in [0, 0.1) is 16.7 Å². The summed E-state index contributed by atoms with van der Waals surface area (Å²) in [5, 5.41) is 13.2. The zero-order valence-electron chi connectivity index (χ0n) is 26.3. The van der Waals surface area contributed by atoms with E-state index in [1.807, 2.05) is 27.7 Å². The van der Waals surface area contributed by atoms with Crippen molar-refractivity contribution in [1.29, 1.82) is 0 Å². The van der Waals surface area contributed by atoms with Crippen molar-refractivity contribution in [2.75, 3.05) is 27.9 Å². The van der Waals surface area contributed by atoms with E-state index in [4.69, 9.17) is 28.4 Å². The molecule has 1 aromatic rings. The summed E-state index contributed by atoms with van der Waals surface area (Å²) in [7, 11) is 4.54. The van der Waals surface area contributed by atoms with E-state index in [-0.39, 0.29) is 37.2 Å². The van der Waals surface area contributed by atoms with Crippen LogP contribution in [0.2, 0.25) is 0 Å². The number of esters is 2. The summed E-state index contributed by atoms with van der Waals surface area (Å²) in [6.07, 6.45) is -3.84. The van der Waals surface area contributed by atoms with Crippen LogP contribution >= 0.6 is 0 Å². The number of Topliss-reactive ketones (excluding diaryl/α,β-unsaturated/α-hetero) is 1. The lowest BCUT2D eigenvalue weighted by atomic mass is 9.43. The third kappa shape index (κ3) is 4.28. The molecule has 10 heteroatoms. The van der Waals surface area contributed by atoms with E-state index in [0.29, 0.717) is 5.57 Å². The van der Waals surface area contributed by atoms with Gasteiger partial charge in [-0.2, -0.15) is 0 Å². The Bertz CT molecular complexity index is 1310. The van der Waals surface area contributed by atoms with Crippen LogP contribution in [0.1, 0.15) is 64.2 Å². The normalized spacial score (nSPS) is 39.9. The smallest absolute Gasteiger partial charge is 0.338 e. The van der Waals surface area contributed by atoms with Crippen molar-refractivity contribution in [3.8, 4) is 0 Å². The number of rotatable bonds is 7. The molecule has 10 nitrogen and oxygen atoms in total. The first-order chi connectivity index (χ1) is 20.3. The lowest BCUT2D eigenvalue weighted by Crippen LogP contribution is -2.82. The molecule has 0 radical (unpaired) electrons. The quantitative estimate of drug-likeness (QED) is 0.367. The second kappa shape index (κ2) is 11.1. The fraction of sp³-hybridized carbons (Fsp3) is 0.667. The van der Waals surface area contributed by atoms with Crippen LogP contribution in [0.3, 0.4) is 0 Å². The van der Waals surface area contributed by atoms with Crippen molar-refractivity contribution < 1.29 is 47.9 Å². The van der Waals surface area contributed by atoms with Crippen molar-refractivity contribution in [2.24, 2.45) is 16.7 Å². The Hall–Kier alpha value is -2.63. The highest BCUT2D eigenvalue weighted by Gasteiger charge is 2.79. The first kappa shape index (κ1) is 31.8. The number of hydrogen-bond donors (Lipinski definition) is 1. The van der Waals surface area contributed by atoms with Gasteiger partial charge in [0.1, 0.15) is 23.9 Å². The predicted molar refractivity (Wildman–Crippen MR) is 154 cm³/mol. The molecule has 0 spiro atoms. The molecular weight excluding hydrogens is 556 g/mol. The Morgan fingerprint density at radius 1 is 1.07 bits per heavy atom. The van der Waals surface area contributed by atoms with Crippen LogP contribution in [0.4, 0.5) is 0 Å². The molecular formula is C33H44O10. The van der Waals surface area contributed by atoms with E-state index in [1.54, 1.807) is 37.4 Å². The number of methoxy groups -OCH3 is 3. The van der Waals surface area contributed by atoms with Crippen LogP contribution in [-0.2, 0) is 38.0 Å². The van der Waals surface area contributed by atoms with Gasteiger partial charge in [-0.15, -0.1) is 0 Å². The van der Waals surface area contributed by atoms with Crippen LogP contribution in [-0.4, -0.2) is 92.5 Å². The number of fused-ring (bicyclic) bond motifs is 5. The molecule has 1 aliphatic heterocycles. The highest BCUT2D eigenvalue weighted by Crippen LogP contribution is 2.65. The maximum Gasteiger partial charge on any atom is 0.338 e. The molecule has 9 atom stereocenters. The number of hydrogen-bond acceptors (Lipinski definition) is 10. The van der Waals surface area contributed by atoms with Gasteiger partial charge in [0.25, 0.3) is 0 Å². The second-order valence-corrected chi connectivity index (χ2v) is 12.9. The minimum absolute atomic E-state index is 0.0314. The van der Waals surface area contributed by atoms with Gasteiger partial charge in [0, 0.05) is 46.5 Å². The Morgan fingerprint density at radius 2 is 1.74 bits per heavy atom. The van der Waals surface area contributed by atoms with Crippen molar-refractivity contribution in [3.63, 3.8) is 0 Å². The number of carbonyl (C=O) groups excluding carboxylic acids is 3. The molecule has 236 valence electrons. The zero-order valence-corrected chi connectivity index (χ0v) is 26.3. The Balaban J connectivity index is 1.88. The number of ketones is 1. The summed E-state index contributed by atoms with van der Waals surface area (Å²) in [6.45, 7) is 8.70. The van der Waals surface area contributed by atoms with Gasteiger partial charge >= 0.3 is 11.9 Å². The van der Waals surface area contributed by atoms with Gasteiger partial charge in [0.2, 0.25) is 0 Å². The van der Waals surface area contributed by atoms with Gasteiger partial charge in [0.05, 0.1) is 35.7 Å². The standard InChI is InChI=1S/C33H44O10/c1-9-31-22(39-7)15-23-32(17-41-23,43-19(3)34)26(31)28(42-29(36)20-13-11-10-12-14-20)33(37)16-21(38-6)18(2)24(30(33,4)5)25(40-8)27(31)35/h10-14,21-23,25-26,28,37H,9,15-17H2,1-8H3/t21?,22?,23?,25?,26?,28?,31?,32-,33?/m0/s1. The van der Waals surface area contributed by atoms with E-state index in [0.717, 1.165) is 5.57 Å². The topological polar surface area (TPSA) is 127 Å². The fourth-order valence-corrected chi connectivity index (χ4v) is 8.81. The third-order valence-corrected chi connectivity index (χ3v) is 11.0. The van der Waals surface area contributed by atoms with E-state index in [2.05, 4.69) is 0 Å². The second-order valence-electron chi connectivity index (χ2n) is 12.9. The van der Waals surface area contributed by atoms with Gasteiger partial charge < -0.3 is 33.5 Å². The van der Waals surface area contributed by atoms with Gasteiger partial charge in [0.15, 0.2) is 11.4 Å². The van der Waals surface area contributed by atoms with Crippen molar-refractivity contribution in [3.05, 3.63) is 47.0 Å². The van der Waals surface area contributed by atoms with Gasteiger partial charge in [-0.05, 0) is 36.6 Å². The molecule has 3 fully saturated rings.